The maximum atomic E-state index is 13.4. The number of nitrogens with zero attached hydrogens (tertiary/aromatic N) is 3. The van der Waals surface area contributed by atoms with Crippen molar-refractivity contribution < 1.29 is 14.3 Å². The molecule has 1 N–H and O–H groups in total. The highest BCUT2D eigenvalue weighted by Crippen LogP contribution is 2.36. The predicted molar refractivity (Wildman–Crippen MR) is 161 cm³/mol. The number of nitrogens with one attached hydrogen (secondary N) is 1. The Morgan fingerprint density at radius 3 is 2.67 bits per heavy atom. The SMILES string of the molecule is CC[C@@H](C)c1nc2ccc(Br)cc2c(=O)n1N=Cc1cc(Br)c(OCC(=O)Nc2ccccc2C)c(OC)c1. The zero-order valence-corrected chi connectivity index (χ0v) is 25.2. The van der Waals surface area contributed by atoms with Gasteiger partial charge in [0.15, 0.2) is 18.1 Å². The normalized spacial score (nSPS) is 12.1. The fourth-order valence-electron chi connectivity index (χ4n) is 3.90. The summed E-state index contributed by atoms with van der Waals surface area (Å²) in [7, 11) is 1.51. The molecule has 1 heterocycles. The summed E-state index contributed by atoms with van der Waals surface area (Å²) >= 11 is 6.94. The van der Waals surface area contributed by atoms with Crippen molar-refractivity contribution in [1.29, 1.82) is 0 Å². The van der Waals surface area contributed by atoms with Gasteiger partial charge in [-0.1, -0.05) is 48.0 Å². The molecule has 4 aromatic rings. The maximum Gasteiger partial charge on any atom is 0.282 e. The van der Waals surface area contributed by atoms with Gasteiger partial charge in [-0.25, -0.2) is 4.98 Å². The Bertz CT molecular complexity index is 1620. The van der Waals surface area contributed by atoms with Crippen LogP contribution in [0.5, 0.6) is 11.5 Å². The lowest BCUT2D eigenvalue weighted by Crippen LogP contribution is -2.23. The van der Waals surface area contributed by atoms with Gasteiger partial charge in [-0.3, -0.25) is 9.59 Å². The number of hydrogen-bond donors (Lipinski definition) is 1. The van der Waals surface area contributed by atoms with E-state index in [4.69, 9.17) is 14.5 Å². The van der Waals surface area contributed by atoms with Crippen LogP contribution < -0.4 is 20.3 Å². The van der Waals surface area contributed by atoms with E-state index in [9.17, 15) is 9.59 Å². The minimum atomic E-state index is -0.295. The number of anilines is 1. The maximum absolute atomic E-state index is 13.4. The van der Waals surface area contributed by atoms with Gasteiger partial charge in [0.2, 0.25) is 0 Å². The molecular weight excluding hydrogens is 628 g/mol. The van der Waals surface area contributed by atoms with E-state index < -0.39 is 0 Å². The number of carbonyl (C=O) groups is 1. The molecule has 39 heavy (non-hydrogen) atoms. The molecule has 1 amide bonds. The molecule has 10 heteroatoms. The van der Waals surface area contributed by atoms with Gasteiger partial charge in [-0.15, -0.1) is 0 Å². The van der Waals surface area contributed by atoms with Gasteiger partial charge in [0.25, 0.3) is 11.5 Å². The second-order valence-electron chi connectivity index (χ2n) is 8.99. The lowest BCUT2D eigenvalue weighted by Gasteiger charge is -2.15. The van der Waals surface area contributed by atoms with Crippen LogP contribution in [0.15, 0.2) is 73.4 Å². The molecule has 0 saturated carbocycles. The number of rotatable bonds is 9. The van der Waals surface area contributed by atoms with Gasteiger partial charge >= 0.3 is 0 Å². The summed E-state index contributed by atoms with van der Waals surface area (Å²) in [5.41, 5.74) is 2.72. The van der Waals surface area contributed by atoms with Gasteiger partial charge in [-0.2, -0.15) is 9.78 Å². The highest BCUT2D eigenvalue weighted by atomic mass is 79.9. The number of hydrogen-bond acceptors (Lipinski definition) is 6. The van der Waals surface area contributed by atoms with Crippen LogP contribution in [-0.2, 0) is 4.79 Å². The number of ether oxygens (including phenoxy) is 2. The number of amides is 1. The average molecular weight is 656 g/mol. The topological polar surface area (TPSA) is 94.8 Å². The van der Waals surface area contributed by atoms with Gasteiger partial charge in [0.05, 0.1) is 28.7 Å². The second-order valence-corrected chi connectivity index (χ2v) is 10.8. The van der Waals surface area contributed by atoms with Crippen molar-refractivity contribution in [1.82, 2.24) is 9.66 Å². The predicted octanol–water partition coefficient (Wildman–Crippen LogP) is 6.65. The van der Waals surface area contributed by atoms with Gasteiger partial charge < -0.3 is 14.8 Å². The van der Waals surface area contributed by atoms with Crippen LogP contribution >= 0.6 is 31.9 Å². The van der Waals surface area contributed by atoms with Crippen LogP contribution in [0.4, 0.5) is 5.69 Å². The Hall–Kier alpha value is -3.50. The Balaban J connectivity index is 1.61. The molecule has 0 aliphatic heterocycles. The Labute approximate surface area is 243 Å². The summed E-state index contributed by atoms with van der Waals surface area (Å²) < 4.78 is 14.0. The molecule has 0 bridgehead atoms. The molecule has 3 aromatic carbocycles. The average Bonchev–Trinajstić information content (AvgIpc) is 2.92. The van der Waals surface area contributed by atoms with Gasteiger partial charge in [-0.05, 0) is 76.8 Å². The van der Waals surface area contributed by atoms with E-state index in [0.29, 0.717) is 38.3 Å². The first-order valence-corrected chi connectivity index (χ1v) is 13.9. The molecule has 0 aliphatic rings. The summed E-state index contributed by atoms with van der Waals surface area (Å²) in [6.07, 6.45) is 2.37. The van der Waals surface area contributed by atoms with Crippen molar-refractivity contribution in [3.63, 3.8) is 0 Å². The van der Waals surface area contributed by atoms with E-state index in [0.717, 1.165) is 22.1 Å². The van der Waals surface area contributed by atoms with E-state index in [2.05, 4.69) is 42.3 Å². The first kappa shape index (κ1) is 28.5. The summed E-state index contributed by atoms with van der Waals surface area (Å²) in [5, 5.41) is 7.84. The molecule has 1 atom stereocenters. The van der Waals surface area contributed by atoms with Crippen molar-refractivity contribution in [3.05, 3.63) is 90.8 Å². The van der Waals surface area contributed by atoms with E-state index in [1.54, 1.807) is 24.4 Å². The fourth-order valence-corrected chi connectivity index (χ4v) is 4.83. The van der Waals surface area contributed by atoms with Crippen LogP contribution in [0, 0.1) is 6.92 Å². The summed E-state index contributed by atoms with van der Waals surface area (Å²) in [6, 6.07) is 16.5. The van der Waals surface area contributed by atoms with Crippen molar-refractivity contribution in [2.75, 3.05) is 19.0 Å². The lowest BCUT2D eigenvalue weighted by molar-refractivity contribution is -0.118. The van der Waals surface area contributed by atoms with Crippen molar-refractivity contribution in [2.24, 2.45) is 5.10 Å². The summed E-state index contributed by atoms with van der Waals surface area (Å²) in [6.45, 7) is 5.77. The minimum Gasteiger partial charge on any atom is -0.493 e. The van der Waals surface area contributed by atoms with Crippen molar-refractivity contribution >= 4 is 60.6 Å². The molecule has 0 fully saturated rings. The Kier molecular flexibility index (Phi) is 9.19. The zero-order valence-electron chi connectivity index (χ0n) is 22.0. The molecule has 0 unspecified atom stereocenters. The Morgan fingerprint density at radius 1 is 1.18 bits per heavy atom. The third-order valence-corrected chi connectivity index (χ3v) is 7.31. The summed E-state index contributed by atoms with van der Waals surface area (Å²) in [5.74, 6) is 1.09. The molecular formula is C29H28Br2N4O4. The second kappa shape index (κ2) is 12.6. The number of aryl methyl sites for hydroxylation is 1. The first-order chi connectivity index (χ1) is 18.7. The molecule has 1 aromatic heterocycles. The smallest absolute Gasteiger partial charge is 0.282 e. The van der Waals surface area contributed by atoms with Crippen LogP contribution in [-0.4, -0.2) is 35.5 Å². The van der Waals surface area contributed by atoms with Gasteiger partial charge in [0, 0.05) is 16.1 Å². The number of aromatic nitrogens is 2. The van der Waals surface area contributed by atoms with E-state index >= 15 is 0 Å². The number of halogens is 2. The number of para-hydroxylation sites is 1. The molecule has 202 valence electrons. The zero-order chi connectivity index (χ0) is 28.1. The number of benzene rings is 3. The molecule has 0 spiro atoms. The monoisotopic (exact) mass is 654 g/mol. The van der Waals surface area contributed by atoms with Crippen molar-refractivity contribution in [3.8, 4) is 11.5 Å². The quantitative estimate of drug-likeness (QED) is 0.204. The van der Waals surface area contributed by atoms with Gasteiger partial charge in [0.1, 0.15) is 5.82 Å². The molecule has 0 aliphatic carbocycles. The largest absolute Gasteiger partial charge is 0.493 e. The van der Waals surface area contributed by atoms with Crippen LogP contribution in [0.3, 0.4) is 0 Å². The number of methoxy groups -OCH3 is 1. The fraction of sp³-hybridized carbons (Fsp3) is 0.241. The molecule has 4 rings (SSSR count). The Morgan fingerprint density at radius 2 is 1.95 bits per heavy atom. The lowest BCUT2D eigenvalue weighted by atomic mass is 10.1. The third-order valence-electron chi connectivity index (χ3n) is 6.23. The highest BCUT2D eigenvalue weighted by Gasteiger charge is 2.17. The summed E-state index contributed by atoms with van der Waals surface area (Å²) in [4.78, 5) is 30.6. The van der Waals surface area contributed by atoms with E-state index in [1.807, 2.05) is 57.2 Å². The minimum absolute atomic E-state index is 0.0192. The van der Waals surface area contributed by atoms with Crippen LogP contribution in [0.25, 0.3) is 10.9 Å². The molecule has 0 radical (unpaired) electrons. The highest BCUT2D eigenvalue weighted by molar-refractivity contribution is 9.10. The number of carbonyl (C=O) groups excluding carboxylic acids is 1. The van der Waals surface area contributed by atoms with Crippen LogP contribution in [0.2, 0.25) is 0 Å². The standard InChI is InChI=1S/C29H28Br2N4O4/c1-5-17(2)28-34-24-11-10-20(30)14-21(24)29(37)35(28)32-15-19-12-22(31)27(25(13-19)38-4)39-16-26(36)33-23-9-7-6-8-18(23)3/h6-15,17H,5,16H2,1-4H3,(H,33,36)/t17-/m1/s1. The number of fused-ring (bicyclic) bond motifs is 1. The van der Waals surface area contributed by atoms with Crippen molar-refractivity contribution in [2.45, 2.75) is 33.1 Å². The van der Waals surface area contributed by atoms with E-state index in [-0.39, 0.29) is 24.0 Å². The first-order valence-electron chi connectivity index (χ1n) is 12.3. The van der Waals surface area contributed by atoms with Crippen LogP contribution in [0.1, 0.15) is 43.1 Å². The molecule has 0 saturated heterocycles. The van der Waals surface area contributed by atoms with E-state index in [1.165, 1.54) is 11.8 Å². The third kappa shape index (κ3) is 6.57. The molecule has 8 nitrogen and oxygen atoms in total.